The highest BCUT2D eigenvalue weighted by molar-refractivity contribution is 5.92. The molecule has 1 aliphatic rings. The van der Waals surface area contributed by atoms with Gasteiger partial charge < -0.3 is 20.1 Å². The molecule has 8 nitrogen and oxygen atoms in total. The fourth-order valence-corrected chi connectivity index (χ4v) is 2.72. The third-order valence-corrected chi connectivity index (χ3v) is 4.13. The summed E-state index contributed by atoms with van der Waals surface area (Å²) in [4.78, 5) is 23.1. The molecule has 0 aliphatic carbocycles. The summed E-state index contributed by atoms with van der Waals surface area (Å²) < 4.78 is 10.7. The molecule has 3 rings (SSSR count). The molecule has 2 aromatic rings. The van der Waals surface area contributed by atoms with Crippen LogP contribution in [0.15, 0.2) is 36.5 Å². The Bertz CT molecular complexity index is 732. The number of hydrogen-bond acceptors (Lipinski definition) is 7. The van der Waals surface area contributed by atoms with E-state index in [1.54, 1.807) is 12.3 Å². The van der Waals surface area contributed by atoms with E-state index in [0.717, 1.165) is 44.3 Å². The number of nitrogens with zero attached hydrogens (tertiary/aromatic N) is 3. The zero-order valence-corrected chi connectivity index (χ0v) is 15.5. The van der Waals surface area contributed by atoms with Gasteiger partial charge in [0.2, 0.25) is 5.95 Å². The van der Waals surface area contributed by atoms with Crippen LogP contribution in [0.25, 0.3) is 0 Å². The Balaban J connectivity index is 1.52. The molecular weight excluding hydrogens is 346 g/mol. The van der Waals surface area contributed by atoms with Gasteiger partial charge in [-0.3, -0.25) is 9.69 Å². The molecule has 0 saturated carbocycles. The van der Waals surface area contributed by atoms with E-state index in [4.69, 9.17) is 9.47 Å². The van der Waals surface area contributed by atoms with Crippen LogP contribution in [0.3, 0.4) is 0 Å². The standard InChI is InChI=1S/C19H25N5O3/c1-2-27-16-5-3-15(4-6-16)22-19-21-8-7-17(23-19)18(25)20-9-10-24-11-13-26-14-12-24/h3-8H,2,9-14H2,1H3,(H,20,25)(H,21,22,23). The molecule has 1 saturated heterocycles. The number of anilines is 2. The van der Waals surface area contributed by atoms with Gasteiger partial charge >= 0.3 is 0 Å². The molecule has 1 aromatic carbocycles. The Morgan fingerprint density at radius 2 is 2.00 bits per heavy atom. The van der Waals surface area contributed by atoms with Crippen molar-refractivity contribution < 1.29 is 14.3 Å². The first-order chi connectivity index (χ1) is 13.2. The molecular formula is C19H25N5O3. The Kier molecular flexibility index (Phi) is 6.95. The molecule has 0 unspecified atom stereocenters. The number of carbonyl (C=O) groups excluding carboxylic acids is 1. The van der Waals surface area contributed by atoms with Crippen LogP contribution in [0.1, 0.15) is 17.4 Å². The lowest BCUT2D eigenvalue weighted by Crippen LogP contribution is -2.41. The average Bonchev–Trinajstić information content (AvgIpc) is 2.71. The Morgan fingerprint density at radius 1 is 1.22 bits per heavy atom. The smallest absolute Gasteiger partial charge is 0.270 e. The summed E-state index contributed by atoms with van der Waals surface area (Å²) in [5.74, 6) is 0.970. The number of aromatic nitrogens is 2. The monoisotopic (exact) mass is 371 g/mol. The van der Waals surface area contributed by atoms with Gasteiger partial charge in [-0.1, -0.05) is 0 Å². The Hall–Kier alpha value is -2.71. The molecule has 144 valence electrons. The number of hydrogen-bond donors (Lipinski definition) is 2. The fraction of sp³-hybridized carbons (Fsp3) is 0.421. The van der Waals surface area contributed by atoms with Gasteiger partial charge in [0.05, 0.1) is 19.8 Å². The lowest BCUT2D eigenvalue weighted by Gasteiger charge is -2.26. The summed E-state index contributed by atoms with van der Waals surface area (Å²) in [6, 6.07) is 9.10. The third kappa shape index (κ3) is 5.90. The molecule has 1 amide bonds. The van der Waals surface area contributed by atoms with E-state index in [9.17, 15) is 4.79 Å². The molecule has 0 atom stereocenters. The van der Waals surface area contributed by atoms with Gasteiger partial charge in [-0.25, -0.2) is 9.97 Å². The van der Waals surface area contributed by atoms with Crippen LogP contribution < -0.4 is 15.4 Å². The second-order valence-corrected chi connectivity index (χ2v) is 6.06. The van der Waals surface area contributed by atoms with E-state index < -0.39 is 0 Å². The first-order valence-electron chi connectivity index (χ1n) is 9.16. The van der Waals surface area contributed by atoms with E-state index in [-0.39, 0.29) is 5.91 Å². The van der Waals surface area contributed by atoms with Crippen molar-refractivity contribution >= 4 is 17.5 Å². The van der Waals surface area contributed by atoms with Crippen molar-refractivity contribution in [3.8, 4) is 5.75 Å². The number of benzene rings is 1. The van der Waals surface area contributed by atoms with Gasteiger partial charge in [0, 0.05) is 38.1 Å². The van der Waals surface area contributed by atoms with E-state index in [1.807, 2.05) is 31.2 Å². The zero-order chi connectivity index (χ0) is 18.9. The van der Waals surface area contributed by atoms with E-state index in [2.05, 4.69) is 25.5 Å². The number of rotatable bonds is 8. The fourth-order valence-electron chi connectivity index (χ4n) is 2.72. The Labute approximate surface area is 158 Å². The Morgan fingerprint density at radius 3 is 2.74 bits per heavy atom. The molecule has 27 heavy (non-hydrogen) atoms. The van der Waals surface area contributed by atoms with Gasteiger partial charge in [0.25, 0.3) is 5.91 Å². The SMILES string of the molecule is CCOc1ccc(Nc2nccc(C(=O)NCCN3CCOCC3)n2)cc1. The maximum absolute atomic E-state index is 12.3. The molecule has 0 spiro atoms. The lowest BCUT2D eigenvalue weighted by molar-refractivity contribution is 0.0383. The van der Waals surface area contributed by atoms with E-state index >= 15 is 0 Å². The highest BCUT2D eigenvalue weighted by Crippen LogP contribution is 2.18. The van der Waals surface area contributed by atoms with Crippen LogP contribution in [-0.2, 0) is 4.74 Å². The molecule has 1 aliphatic heterocycles. The van der Waals surface area contributed by atoms with Gasteiger partial charge in [-0.05, 0) is 37.3 Å². The molecule has 1 aromatic heterocycles. The minimum Gasteiger partial charge on any atom is -0.494 e. The number of morpholine rings is 1. The summed E-state index contributed by atoms with van der Waals surface area (Å²) in [6.07, 6.45) is 1.57. The zero-order valence-electron chi connectivity index (χ0n) is 15.5. The second-order valence-electron chi connectivity index (χ2n) is 6.06. The molecule has 0 bridgehead atoms. The van der Waals surface area contributed by atoms with Crippen molar-refractivity contribution in [2.75, 3.05) is 51.3 Å². The highest BCUT2D eigenvalue weighted by atomic mass is 16.5. The topological polar surface area (TPSA) is 88.6 Å². The number of ether oxygens (including phenoxy) is 2. The summed E-state index contributed by atoms with van der Waals surface area (Å²) in [6.45, 7) is 7.25. The summed E-state index contributed by atoms with van der Waals surface area (Å²) in [7, 11) is 0. The molecule has 1 fully saturated rings. The first kappa shape index (κ1) is 19.1. The highest BCUT2D eigenvalue weighted by Gasteiger charge is 2.12. The lowest BCUT2D eigenvalue weighted by atomic mass is 10.3. The van der Waals surface area contributed by atoms with Crippen molar-refractivity contribution in [2.24, 2.45) is 0 Å². The van der Waals surface area contributed by atoms with Gasteiger partial charge in [0.1, 0.15) is 11.4 Å². The summed E-state index contributed by atoms with van der Waals surface area (Å²) in [5.41, 5.74) is 1.16. The van der Waals surface area contributed by atoms with E-state index in [1.165, 1.54) is 0 Å². The molecule has 8 heteroatoms. The van der Waals surface area contributed by atoms with Crippen molar-refractivity contribution in [1.29, 1.82) is 0 Å². The first-order valence-corrected chi connectivity index (χ1v) is 9.16. The quantitative estimate of drug-likeness (QED) is 0.730. The maximum Gasteiger partial charge on any atom is 0.270 e. The number of nitrogens with one attached hydrogen (secondary N) is 2. The van der Waals surface area contributed by atoms with Crippen molar-refractivity contribution in [2.45, 2.75) is 6.92 Å². The van der Waals surface area contributed by atoms with Crippen LogP contribution in [0.5, 0.6) is 5.75 Å². The maximum atomic E-state index is 12.3. The summed E-state index contributed by atoms with van der Waals surface area (Å²) >= 11 is 0. The predicted octanol–water partition coefficient (Wildman–Crippen LogP) is 1.68. The largest absolute Gasteiger partial charge is 0.494 e. The molecule has 2 N–H and O–H groups in total. The van der Waals surface area contributed by atoms with Crippen LogP contribution in [-0.4, -0.2) is 66.8 Å². The second kappa shape index (κ2) is 9.84. The van der Waals surface area contributed by atoms with Crippen LogP contribution in [0, 0.1) is 0 Å². The van der Waals surface area contributed by atoms with Gasteiger partial charge in [-0.2, -0.15) is 0 Å². The summed E-state index contributed by atoms with van der Waals surface area (Å²) in [5, 5.41) is 6.00. The average molecular weight is 371 g/mol. The van der Waals surface area contributed by atoms with Crippen LogP contribution >= 0.6 is 0 Å². The molecule has 2 heterocycles. The van der Waals surface area contributed by atoms with Crippen molar-refractivity contribution in [3.05, 3.63) is 42.2 Å². The number of carbonyl (C=O) groups is 1. The van der Waals surface area contributed by atoms with Gasteiger partial charge in [-0.15, -0.1) is 0 Å². The molecule has 0 radical (unpaired) electrons. The number of amides is 1. The normalized spacial score (nSPS) is 14.6. The van der Waals surface area contributed by atoms with Crippen LogP contribution in [0.2, 0.25) is 0 Å². The van der Waals surface area contributed by atoms with Crippen molar-refractivity contribution in [3.63, 3.8) is 0 Å². The van der Waals surface area contributed by atoms with Gasteiger partial charge in [0.15, 0.2) is 0 Å². The van der Waals surface area contributed by atoms with Crippen LogP contribution in [0.4, 0.5) is 11.6 Å². The van der Waals surface area contributed by atoms with Crippen molar-refractivity contribution in [1.82, 2.24) is 20.2 Å². The minimum atomic E-state index is -0.208. The minimum absolute atomic E-state index is 0.208. The third-order valence-electron chi connectivity index (χ3n) is 4.13. The van der Waals surface area contributed by atoms with E-state index in [0.29, 0.717) is 24.8 Å². The predicted molar refractivity (Wildman–Crippen MR) is 103 cm³/mol.